The minimum atomic E-state index is -4.39. The first-order chi connectivity index (χ1) is 17.2. The molecule has 0 atom stereocenters. The van der Waals surface area contributed by atoms with E-state index in [-0.39, 0.29) is 17.6 Å². The van der Waals surface area contributed by atoms with E-state index in [1.165, 1.54) is 12.1 Å². The maximum Gasteiger partial charge on any atom is 0.416 e. The number of carbonyl (C=O) groups is 2. The number of rotatable bonds is 7. The number of fused-ring (bicyclic) bond motifs is 1. The zero-order valence-corrected chi connectivity index (χ0v) is 20.2. The third-order valence-corrected chi connectivity index (χ3v) is 7.78. The molecule has 0 spiro atoms. The number of halogens is 4. The molecule has 1 amide bonds. The van der Waals surface area contributed by atoms with Crippen LogP contribution in [-0.2, 0) is 22.3 Å². The number of carbonyl (C=O) groups excluding carboxylic acids is 2. The van der Waals surface area contributed by atoms with E-state index in [0.29, 0.717) is 40.6 Å². The van der Waals surface area contributed by atoms with E-state index in [4.69, 9.17) is 16.3 Å². The molecule has 190 valence electrons. The van der Waals surface area contributed by atoms with Crippen LogP contribution in [0.25, 0.3) is 10.9 Å². The summed E-state index contributed by atoms with van der Waals surface area (Å²) in [4.78, 5) is 24.2. The third-order valence-electron chi connectivity index (χ3n) is 7.56. The Bertz CT molecular complexity index is 1270. The van der Waals surface area contributed by atoms with Gasteiger partial charge in [-0.2, -0.15) is 13.2 Å². The van der Waals surface area contributed by atoms with E-state index >= 15 is 0 Å². The fraction of sp³-hybridized carbons (Fsp3) is 0.407. The van der Waals surface area contributed by atoms with Crippen LogP contribution in [0.5, 0.6) is 0 Å². The van der Waals surface area contributed by atoms with Crippen LogP contribution in [0.3, 0.4) is 0 Å². The molecular formula is C27H26ClF3N2O3. The lowest BCUT2D eigenvalue weighted by Gasteiger charge is -2.34. The monoisotopic (exact) mass is 518 g/mol. The number of benzene rings is 2. The van der Waals surface area contributed by atoms with Crippen LogP contribution < -0.4 is 5.32 Å². The van der Waals surface area contributed by atoms with Crippen molar-refractivity contribution in [3.63, 3.8) is 0 Å². The van der Waals surface area contributed by atoms with E-state index in [2.05, 4.69) is 5.32 Å². The van der Waals surface area contributed by atoms with Crippen LogP contribution in [0.2, 0.25) is 5.02 Å². The lowest BCUT2D eigenvalue weighted by Crippen LogP contribution is -2.44. The van der Waals surface area contributed by atoms with Gasteiger partial charge in [-0.05, 0) is 80.3 Å². The summed E-state index contributed by atoms with van der Waals surface area (Å²) in [5, 5.41) is 4.51. The molecule has 2 aliphatic carbocycles. The lowest BCUT2D eigenvalue weighted by molar-refractivity contribution is -0.137. The number of nitrogens with one attached hydrogen (secondary N) is 1. The van der Waals surface area contributed by atoms with Gasteiger partial charge in [-0.3, -0.25) is 9.59 Å². The molecule has 1 aromatic heterocycles. The highest BCUT2D eigenvalue weighted by Gasteiger charge is 2.51. The molecule has 1 N–H and O–H groups in total. The van der Waals surface area contributed by atoms with E-state index in [0.717, 1.165) is 56.0 Å². The summed E-state index contributed by atoms with van der Waals surface area (Å²) >= 11 is 6.34. The average Bonchev–Trinajstić information content (AvgIpc) is 3.52. The Labute approximate surface area is 211 Å². The molecule has 5 nitrogen and oxygen atoms in total. The van der Waals surface area contributed by atoms with Crippen molar-refractivity contribution in [3.8, 4) is 0 Å². The molecule has 0 unspecified atom stereocenters. The number of hydrogen-bond acceptors (Lipinski definition) is 3. The molecule has 9 heteroatoms. The second-order valence-electron chi connectivity index (χ2n) is 9.85. The first-order valence-electron chi connectivity index (χ1n) is 12.0. The number of ether oxygens (including phenoxy) is 1. The van der Waals surface area contributed by atoms with Crippen molar-refractivity contribution in [3.05, 3.63) is 70.4 Å². The summed E-state index contributed by atoms with van der Waals surface area (Å²) in [7, 11) is 0. The highest BCUT2D eigenvalue weighted by molar-refractivity contribution is 6.32. The Balaban J connectivity index is 1.37. The van der Waals surface area contributed by atoms with Crippen molar-refractivity contribution in [2.24, 2.45) is 5.92 Å². The van der Waals surface area contributed by atoms with Gasteiger partial charge in [0, 0.05) is 28.7 Å². The Kier molecular flexibility index (Phi) is 6.49. The van der Waals surface area contributed by atoms with Gasteiger partial charge in [0.15, 0.2) is 0 Å². The molecule has 2 fully saturated rings. The van der Waals surface area contributed by atoms with E-state index in [1.807, 2.05) is 16.8 Å². The molecule has 2 aliphatic rings. The summed E-state index contributed by atoms with van der Waals surface area (Å²) < 4.78 is 45.8. The van der Waals surface area contributed by atoms with Crippen molar-refractivity contribution >= 4 is 34.9 Å². The SMILES string of the molecule is O=COC1CCC(C2(NC(=O)c3cc(Cl)cc4ccn(Cc5ccc(C(F)(F)F)cc5)c34)CC2)CC1. The molecule has 5 rings (SSSR count). The summed E-state index contributed by atoms with van der Waals surface area (Å²) in [5.41, 5.74) is 0.865. The van der Waals surface area contributed by atoms with Gasteiger partial charge >= 0.3 is 6.18 Å². The van der Waals surface area contributed by atoms with Gasteiger partial charge in [0.05, 0.1) is 16.6 Å². The van der Waals surface area contributed by atoms with Crippen molar-refractivity contribution in [2.45, 2.75) is 62.9 Å². The van der Waals surface area contributed by atoms with E-state index in [9.17, 15) is 22.8 Å². The largest absolute Gasteiger partial charge is 0.465 e. The van der Waals surface area contributed by atoms with Gasteiger partial charge in [-0.25, -0.2) is 0 Å². The van der Waals surface area contributed by atoms with Crippen LogP contribution >= 0.6 is 11.6 Å². The molecule has 0 saturated heterocycles. The maximum absolute atomic E-state index is 13.6. The number of hydrogen-bond donors (Lipinski definition) is 1. The third kappa shape index (κ3) is 4.96. The smallest absolute Gasteiger partial charge is 0.416 e. The number of alkyl halides is 3. The van der Waals surface area contributed by atoms with Crippen LogP contribution in [-0.4, -0.2) is 28.6 Å². The van der Waals surface area contributed by atoms with Crippen LogP contribution in [0.1, 0.15) is 60.0 Å². The van der Waals surface area contributed by atoms with Gasteiger partial charge in [0.2, 0.25) is 0 Å². The number of aromatic nitrogens is 1. The molecule has 0 bridgehead atoms. The van der Waals surface area contributed by atoms with Gasteiger partial charge in [-0.15, -0.1) is 0 Å². The second-order valence-corrected chi connectivity index (χ2v) is 10.3. The quantitative estimate of drug-likeness (QED) is 0.370. The molecular weight excluding hydrogens is 493 g/mol. The second kappa shape index (κ2) is 9.47. The van der Waals surface area contributed by atoms with Gasteiger partial charge in [0.25, 0.3) is 12.4 Å². The Hall–Kier alpha value is -3.00. The van der Waals surface area contributed by atoms with Gasteiger partial charge in [-0.1, -0.05) is 23.7 Å². The predicted molar refractivity (Wildman–Crippen MR) is 130 cm³/mol. The van der Waals surface area contributed by atoms with Gasteiger partial charge in [0.1, 0.15) is 6.10 Å². The Morgan fingerprint density at radius 1 is 1.11 bits per heavy atom. The zero-order chi connectivity index (χ0) is 25.5. The summed E-state index contributed by atoms with van der Waals surface area (Å²) in [5.74, 6) is 0.111. The Morgan fingerprint density at radius 3 is 2.42 bits per heavy atom. The minimum Gasteiger partial charge on any atom is -0.465 e. The summed E-state index contributed by atoms with van der Waals surface area (Å²) in [6.07, 6.45) is 2.53. The molecule has 2 saturated carbocycles. The fourth-order valence-corrected chi connectivity index (χ4v) is 5.73. The van der Waals surface area contributed by atoms with Crippen molar-refractivity contribution in [1.29, 1.82) is 0 Å². The predicted octanol–water partition coefficient (Wildman–Crippen LogP) is 6.36. The highest BCUT2D eigenvalue weighted by atomic mass is 35.5. The molecule has 3 aromatic rings. The maximum atomic E-state index is 13.6. The van der Waals surface area contributed by atoms with Crippen molar-refractivity contribution < 1.29 is 27.5 Å². The molecule has 0 aliphatic heterocycles. The van der Waals surface area contributed by atoms with Crippen LogP contribution in [0.15, 0.2) is 48.7 Å². The van der Waals surface area contributed by atoms with Crippen LogP contribution in [0, 0.1) is 5.92 Å². The highest BCUT2D eigenvalue weighted by Crippen LogP contribution is 2.49. The molecule has 36 heavy (non-hydrogen) atoms. The zero-order valence-electron chi connectivity index (χ0n) is 19.5. The summed E-state index contributed by atoms with van der Waals surface area (Å²) in [6, 6.07) is 10.3. The minimum absolute atomic E-state index is 0.0497. The Morgan fingerprint density at radius 2 is 1.81 bits per heavy atom. The standard InChI is InChI=1S/C27H26ClF3N2O3/c28-21-13-18-9-12-33(15-17-1-3-20(4-2-17)27(29,30)31)24(18)23(14-21)25(35)32-26(10-11-26)19-5-7-22(8-6-19)36-16-34/h1-4,9,12-14,16,19,22H,5-8,10-11,15H2,(H,32,35). The number of amides is 1. The molecule has 2 aromatic carbocycles. The first-order valence-corrected chi connectivity index (χ1v) is 12.4. The summed E-state index contributed by atoms with van der Waals surface area (Å²) in [6.45, 7) is 0.819. The topological polar surface area (TPSA) is 60.3 Å². The first kappa shape index (κ1) is 24.7. The number of nitrogens with zero attached hydrogens (tertiary/aromatic N) is 1. The van der Waals surface area contributed by atoms with Crippen molar-refractivity contribution in [2.75, 3.05) is 0 Å². The lowest BCUT2D eigenvalue weighted by atomic mass is 9.80. The fourth-order valence-electron chi connectivity index (χ4n) is 5.51. The van der Waals surface area contributed by atoms with Crippen LogP contribution in [0.4, 0.5) is 13.2 Å². The normalized spacial score (nSPS) is 21.2. The van der Waals surface area contributed by atoms with E-state index in [1.54, 1.807) is 12.1 Å². The molecule has 0 radical (unpaired) electrons. The van der Waals surface area contributed by atoms with E-state index < -0.39 is 11.7 Å². The average molecular weight is 519 g/mol. The molecule has 1 heterocycles. The van der Waals surface area contributed by atoms with Gasteiger partial charge < -0.3 is 14.6 Å². The van der Waals surface area contributed by atoms with Crippen molar-refractivity contribution in [1.82, 2.24) is 9.88 Å².